The molecular weight excluding hydrogens is 254 g/mol. The molecular formula is C16H19NO3. The van der Waals surface area contributed by atoms with Gasteiger partial charge in [0.1, 0.15) is 6.10 Å². The average molecular weight is 273 g/mol. The maximum absolute atomic E-state index is 12.0. The molecule has 1 saturated heterocycles. The Morgan fingerprint density at radius 2 is 2.10 bits per heavy atom. The van der Waals surface area contributed by atoms with Crippen LogP contribution in [0.5, 0.6) is 0 Å². The summed E-state index contributed by atoms with van der Waals surface area (Å²) in [5.41, 5.74) is -0.478. The molecule has 2 rings (SSSR count). The van der Waals surface area contributed by atoms with Crippen LogP contribution in [-0.2, 0) is 16.1 Å². The third-order valence-corrected chi connectivity index (χ3v) is 3.47. The van der Waals surface area contributed by atoms with E-state index in [1.165, 1.54) is 11.0 Å². The van der Waals surface area contributed by atoms with Gasteiger partial charge in [0.2, 0.25) is 5.91 Å². The molecule has 1 amide bonds. The topological polar surface area (TPSA) is 49.8 Å². The number of nitrogens with zero attached hydrogens (tertiary/aromatic N) is 1. The van der Waals surface area contributed by atoms with Gasteiger partial charge in [-0.15, -0.1) is 6.58 Å². The van der Waals surface area contributed by atoms with E-state index in [1.54, 1.807) is 6.08 Å². The predicted molar refractivity (Wildman–Crippen MR) is 76.7 cm³/mol. The van der Waals surface area contributed by atoms with Crippen LogP contribution in [0.1, 0.15) is 12.0 Å². The van der Waals surface area contributed by atoms with E-state index in [0.29, 0.717) is 6.61 Å². The summed E-state index contributed by atoms with van der Waals surface area (Å²) in [6, 6.07) is 9.63. The van der Waals surface area contributed by atoms with Crippen LogP contribution in [0.25, 0.3) is 0 Å². The molecule has 0 aliphatic carbocycles. The molecule has 1 fully saturated rings. The maximum Gasteiger partial charge on any atom is 0.228 e. The Balaban J connectivity index is 2.09. The zero-order valence-corrected chi connectivity index (χ0v) is 11.4. The monoisotopic (exact) mass is 273 g/mol. The van der Waals surface area contributed by atoms with Crippen molar-refractivity contribution >= 4 is 5.91 Å². The number of likely N-dealkylation sites (tertiary alicyclic amines) is 1. The van der Waals surface area contributed by atoms with Crippen LogP contribution in [0.15, 0.2) is 55.6 Å². The van der Waals surface area contributed by atoms with Gasteiger partial charge in [0, 0.05) is 6.54 Å². The van der Waals surface area contributed by atoms with E-state index in [2.05, 4.69) is 13.2 Å². The molecule has 0 radical (unpaired) electrons. The summed E-state index contributed by atoms with van der Waals surface area (Å²) in [5.74, 6) is -0.162. The van der Waals surface area contributed by atoms with Crippen molar-refractivity contribution in [2.24, 2.45) is 0 Å². The van der Waals surface area contributed by atoms with E-state index in [9.17, 15) is 9.90 Å². The Labute approximate surface area is 119 Å². The summed E-state index contributed by atoms with van der Waals surface area (Å²) in [4.78, 5) is 13.3. The molecule has 1 aliphatic rings. The Morgan fingerprint density at radius 3 is 2.70 bits per heavy atom. The lowest BCUT2D eigenvalue weighted by Crippen LogP contribution is -2.50. The van der Waals surface area contributed by atoms with Crippen LogP contribution in [0.3, 0.4) is 0 Å². The van der Waals surface area contributed by atoms with Crippen LogP contribution in [-0.4, -0.2) is 34.3 Å². The van der Waals surface area contributed by atoms with Crippen LogP contribution in [0.2, 0.25) is 0 Å². The predicted octanol–water partition coefficient (Wildman–Crippen LogP) is 1.86. The molecule has 0 saturated carbocycles. The molecule has 0 bridgehead atoms. The number of carbonyl (C=O) groups excluding carboxylic acids is 1. The number of ether oxygens (including phenoxy) is 1. The highest BCUT2D eigenvalue weighted by molar-refractivity contribution is 5.81. The van der Waals surface area contributed by atoms with Crippen LogP contribution in [0, 0.1) is 0 Å². The van der Waals surface area contributed by atoms with Crippen LogP contribution in [0.4, 0.5) is 0 Å². The van der Waals surface area contributed by atoms with Crippen LogP contribution >= 0.6 is 0 Å². The minimum atomic E-state index is -1.47. The Kier molecular flexibility index (Phi) is 4.37. The second kappa shape index (κ2) is 6.03. The number of hydrogen-bond acceptors (Lipinski definition) is 3. The minimum absolute atomic E-state index is 0.142. The van der Waals surface area contributed by atoms with Gasteiger partial charge in [-0.3, -0.25) is 4.79 Å². The lowest BCUT2D eigenvalue weighted by Gasteiger charge is -2.33. The van der Waals surface area contributed by atoms with Crippen molar-refractivity contribution in [3.63, 3.8) is 0 Å². The molecule has 1 aromatic rings. The summed E-state index contributed by atoms with van der Waals surface area (Å²) in [6.45, 7) is 7.84. The quantitative estimate of drug-likeness (QED) is 0.805. The Bertz CT molecular complexity index is 500. The van der Waals surface area contributed by atoms with Crippen molar-refractivity contribution in [2.75, 3.05) is 6.54 Å². The minimum Gasteiger partial charge on any atom is -0.368 e. The summed E-state index contributed by atoms with van der Waals surface area (Å²) in [5, 5.41) is 10.6. The van der Waals surface area contributed by atoms with Gasteiger partial charge in [0.05, 0.1) is 13.0 Å². The van der Waals surface area contributed by atoms with Gasteiger partial charge in [-0.1, -0.05) is 43.0 Å². The summed E-state index contributed by atoms with van der Waals surface area (Å²) in [6.07, 6.45) is 2.46. The molecule has 1 aromatic carbocycles. The number of aliphatic hydroxyl groups is 1. The number of benzene rings is 1. The van der Waals surface area contributed by atoms with Crippen molar-refractivity contribution < 1.29 is 14.6 Å². The van der Waals surface area contributed by atoms with E-state index >= 15 is 0 Å². The molecule has 1 unspecified atom stereocenters. The van der Waals surface area contributed by atoms with E-state index in [0.717, 1.165) is 5.56 Å². The van der Waals surface area contributed by atoms with Crippen molar-refractivity contribution in [3.05, 3.63) is 61.2 Å². The number of hydrogen-bond donors (Lipinski definition) is 1. The molecule has 4 nitrogen and oxygen atoms in total. The molecule has 1 N–H and O–H groups in total. The van der Waals surface area contributed by atoms with Gasteiger partial charge in [0.25, 0.3) is 0 Å². The van der Waals surface area contributed by atoms with Crippen LogP contribution < -0.4 is 0 Å². The molecule has 4 heteroatoms. The molecule has 0 spiro atoms. The lowest BCUT2D eigenvalue weighted by molar-refractivity contribution is -0.148. The fourth-order valence-electron chi connectivity index (χ4n) is 2.36. The first-order valence-electron chi connectivity index (χ1n) is 6.54. The second-order valence-electron chi connectivity index (χ2n) is 4.77. The fourth-order valence-corrected chi connectivity index (χ4v) is 2.36. The maximum atomic E-state index is 12.0. The molecule has 20 heavy (non-hydrogen) atoms. The molecule has 1 aliphatic heterocycles. The first-order valence-corrected chi connectivity index (χ1v) is 6.54. The Hall–Kier alpha value is -1.91. The number of amides is 1. The third kappa shape index (κ3) is 2.66. The van der Waals surface area contributed by atoms with Crippen molar-refractivity contribution in [2.45, 2.75) is 24.9 Å². The Morgan fingerprint density at radius 1 is 1.40 bits per heavy atom. The van der Waals surface area contributed by atoms with E-state index < -0.39 is 11.8 Å². The standard InChI is InChI=1S/C16H19NO3/c1-3-10-17-15(18)11-14(16(17,19)4-2)20-12-13-8-6-5-7-9-13/h3-9,14,19H,1-2,10-12H2/t14-,16?/m0/s1. The summed E-state index contributed by atoms with van der Waals surface area (Å²) in [7, 11) is 0. The highest BCUT2D eigenvalue weighted by Crippen LogP contribution is 2.32. The van der Waals surface area contributed by atoms with Gasteiger partial charge in [-0.25, -0.2) is 0 Å². The van der Waals surface area contributed by atoms with Crippen molar-refractivity contribution in [1.82, 2.24) is 4.90 Å². The average Bonchev–Trinajstić information content (AvgIpc) is 2.71. The van der Waals surface area contributed by atoms with Gasteiger partial charge in [-0.05, 0) is 11.6 Å². The van der Waals surface area contributed by atoms with E-state index in [1.807, 2.05) is 30.3 Å². The second-order valence-corrected chi connectivity index (χ2v) is 4.77. The highest BCUT2D eigenvalue weighted by Gasteiger charge is 2.50. The van der Waals surface area contributed by atoms with Crippen molar-refractivity contribution in [3.8, 4) is 0 Å². The van der Waals surface area contributed by atoms with Gasteiger partial charge >= 0.3 is 0 Å². The van der Waals surface area contributed by atoms with Crippen molar-refractivity contribution in [1.29, 1.82) is 0 Å². The normalized spacial score (nSPS) is 25.8. The number of carbonyl (C=O) groups is 1. The summed E-state index contributed by atoms with van der Waals surface area (Å²) >= 11 is 0. The zero-order chi connectivity index (χ0) is 14.6. The van der Waals surface area contributed by atoms with E-state index in [4.69, 9.17) is 4.74 Å². The molecule has 2 atom stereocenters. The molecule has 106 valence electrons. The van der Waals surface area contributed by atoms with Gasteiger partial charge in [-0.2, -0.15) is 0 Å². The van der Waals surface area contributed by atoms with E-state index in [-0.39, 0.29) is 18.9 Å². The largest absolute Gasteiger partial charge is 0.368 e. The SMILES string of the molecule is C=CCN1C(=O)C[C@H](OCc2ccccc2)C1(O)C=C. The fraction of sp³-hybridized carbons (Fsp3) is 0.312. The zero-order valence-electron chi connectivity index (χ0n) is 11.4. The molecule has 0 aromatic heterocycles. The first kappa shape index (κ1) is 14.5. The number of rotatable bonds is 6. The first-order chi connectivity index (χ1) is 9.61. The van der Waals surface area contributed by atoms with Gasteiger partial charge in [0.15, 0.2) is 5.72 Å². The highest BCUT2D eigenvalue weighted by atomic mass is 16.5. The van der Waals surface area contributed by atoms with Gasteiger partial charge < -0.3 is 14.7 Å². The lowest BCUT2D eigenvalue weighted by atomic mass is 10.1. The smallest absolute Gasteiger partial charge is 0.228 e. The third-order valence-electron chi connectivity index (χ3n) is 3.47. The summed E-state index contributed by atoms with van der Waals surface area (Å²) < 4.78 is 5.72. The molecule has 1 heterocycles.